The Balaban J connectivity index is 1.91. The normalized spacial score (nSPS) is 9.74. The van der Waals surface area contributed by atoms with Gasteiger partial charge in [0.1, 0.15) is 6.42 Å². The molecule has 0 aromatic heterocycles. The SMILES string of the molecule is Cc1ccc(CNC(=O)c2ccc(NC(=O)CC#N)cc2)cc1. The van der Waals surface area contributed by atoms with Crippen molar-refractivity contribution in [2.75, 3.05) is 5.32 Å². The minimum atomic E-state index is -0.371. The average molecular weight is 307 g/mol. The van der Waals surface area contributed by atoms with Gasteiger partial charge in [0.05, 0.1) is 6.07 Å². The van der Waals surface area contributed by atoms with Crippen molar-refractivity contribution < 1.29 is 9.59 Å². The number of hydrogen-bond donors (Lipinski definition) is 2. The van der Waals surface area contributed by atoms with Gasteiger partial charge >= 0.3 is 0 Å². The Morgan fingerprint density at radius 2 is 1.70 bits per heavy atom. The van der Waals surface area contributed by atoms with Crippen molar-refractivity contribution in [1.82, 2.24) is 5.32 Å². The highest BCUT2D eigenvalue weighted by atomic mass is 16.2. The molecule has 116 valence electrons. The first-order chi connectivity index (χ1) is 11.1. The molecule has 0 saturated carbocycles. The van der Waals surface area contributed by atoms with Crippen LogP contribution < -0.4 is 10.6 Å². The second-order valence-electron chi connectivity index (χ2n) is 5.13. The Morgan fingerprint density at radius 1 is 1.04 bits per heavy atom. The third kappa shape index (κ3) is 4.97. The molecule has 0 bridgehead atoms. The van der Waals surface area contributed by atoms with Gasteiger partial charge in [-0.15, -0.1) is 0 Å². The van der Waals surface area contributed by atoms with E-state index in [1.54, 1.807) is 30.3 Å². The van der Waals surface area contributed by atoms with Crippen molar-refractivity contribution in [3.63, 3.8) is 0 Å². The van der Waals surface area contributed by atoms with Gasteiger partial charge in [-0.05, 0) is 36.8 Å². The zero-order chi connectivity index (χ0) is 16.7. The van der Waals surface area contributed by atoms with Crippen molar-refractivity contribution >= 4 is 17.5 Å². The molecule has 2 aromatic rings. The van der Waals surface area contributed by atoms with Crippen LogP contribution in [0, 0.1) is 18.3 Å². The third-order valence-electron chi connectivity index (χ3n) is 3.24. The minimum Gasteiger partial charge on any atom is -0.348 e. The summed E-state index contributed by atoms with van der Waals surface area (Å²) in [5, 5.41) is 13.9. The highest BCUT2D eigenvalue weighted by molar-refractivity contribution is 5.96. The molecule has 2 amide bonds. The molecule has 23 heavy (non-hydrogen) atoms. The summed E-state index contributed by atoms with van der Waals surface area (Å²) in [6.45, 7) is 2.47. The monoisotopic (exact) mass is 307 g/mol. The summed E-state index contributed by atoms with van der Waals surface area (Å²) < 4.78 is 0. The number of nitrogens with zero attached hydrogens (tertiary/aromatic N) is 1. The van der Waals surface area contributed by atoms with Gasteiger partial charge in [0, 0.05) is 17.8 Å². The van der Waals surface area contributed by atoms with Crippen LogP contribution in [0.3, 0.4) is 0 Å². The fraction of sp³-hybridized carbons (Fsp3) is 0.167. The Bertz CT molecular complexity index is 728. The van der Waals surface area contributed by atoms with Crippen LogP contribution in [-0.4, -0.2) is 11.8 Å². The van der Waals surface area contributed by atoms with Crippen LogP contribution in [0.15, 0.2) is 48.5 Å². The number of amides is 2. The molecule has 5 nitrogen and oxygen atoms in total. The number of carbonyl (C=O) groups is 2. The first-order valence-corrected chi connectivity index (χ1v) is 7.19. The molecular weight excluding hydrogens is 290 g/mol. The Labute approximate surface area is 134 Å². The van der Waals surface area contributed by atoms with Crippen LogP contribution in [0.1, 0.15) is 27.9 Å². The highest BCUT2D eigenvalue weighted by Crippen LogP contribution is 2.10. The van der Waals surface area contributed by atoms with Gasteiger partial charge in [0.15, 0.2) is 0 Å². The lowest BCUT2D eigenvalue weighted by Gasteiger charge is -2.07. The number of nitrogens with one attached hydrogen (secondary N) is 2. The smallest absolute Gasteiger partial charge is 0.251 e. The van der Waals surface area contributed by atoms with E-state index in [2.05, 4.69) is 10.6 Å². The van der Waals surface area contributed by atoms with E-state index in [-0.39, 0.29) is 18.2 Å². The van der Waals surface area contributed by atoms with Crippen LogP contribution in [0.2, 0.25) is 0 Å². The molecule has 0 radical (unpaired) electrons. The van der Waals surface area contributed by atoms with Gasteiger partial charge in [0.25, 0.3) is 5.91 Å². The lowest BCUT2D eigenvalue weighted by atomic mass is 10.1. The standard InChI is InChI=1S/C18H17N3O2/c1-13-2-4-14(5-3-13)12-20-18(23)15-6-8-16(9-7-15)21-17(22)10-11-19/h2-9H,10,12H2,1H3,(H,20,23)(H,21,22). The Hall–Kier alpha value is -3.13. The average Bonchev–Trinajstić information content (AvgIpc) is 2.55. The maximum atomic E-state index is 12.1. The van der Waals surface area contributed by atoms with Crippen LogP contribution in [-0.2, 0) is 11.3 Å². The largest absolute Gasteiger partial charge is 0.348 e. The first kappa shape index (κ1) is 16.2. The quantitative estimate of drug-likeness (QED) is 0.891. The maximum absolute atomic E-state index is 12.1. The summed E-state index contributed by atoms with van der Waals surface area (Å²) in [6.07, 6.45) is -0.196. The number of rotatable bonds is 5. The second kappa shape index (κ2) is 7.76. The van der Waals surface area contributed by atoms with Crippen molar-refractivity contribution in [3.05, 3.63) is 65.2 Å². The highest BCUT2D eigenvalue weighted by Gasteiger charge is 2.06. The zero-order valence-corrected chi connectivity index (χ0v) is 12.8. The molecule has 0 fully saturated rings. The molecular formula is C18H17N3O2. The van der Waals surface area contributed by atoms with Gasteiger partial charge in [-0.25, -0.2) is 0 Å². The van der Waals surface area contributed by atoms with E-state index in [0.29, 0.717) is 17.8 Å². The van der Waals surface area contributed by atoms with E-state index in [9.17, 15) is 9.59 Å². The zero-order valence-electron chi connectivity index (χ0n) is 12.8. The number of benzene rings is 2. The van der Waals surface area contributed by atoms with Gasteiger partial charge in [-0.3, -0.25) is 9.59 Å². The molecule has 0 spiro atoms. The Morgan fingerprint density at radius 3 is 2.30 bits per heavy atom. The van der Waals surface area contributed by atoms with Crippen LogP contribution >= 0.6 is 0 Å². The predicted molar refractivity (Wildman–Crippen MR) is 87.7 cm³/mol. The van der Waals surface area contributed by atoms with Gasteiger partial charge in [0.2, 0.25) is 5.91 Å². The Kier molecular flexibility index (Phi) is 5.48. The maximum Gasteiger partial charge on any atom is 0.251 e. The topological polar surface area (TPSA) is 82.0 Å². The van der Waals surface area contributed by atoms with Gasteiger partial charge < -0.3 is 10.6 Å². The van der Waals surface area contributed by atoms with Crippen LogP contribution in [0.5, 0.6) is 0 Å². The van der Waals surface area contributed by atoms with E-state index >= 15 is 0 Å². The summed E-state index contributed by atoms with van der Waals surface area (Å²) >= 11 is 0. The number of anilines is 1. The summed E-state index contributed by atoms with van der Waals surface area (Å²) in [5.41, 5.74) is 3.27. The lowest BCUT2D eigenvalue weighted by Crippen LogP contribution is -2.22. The number of aryl methyl sites for hydroxylation is 1. The van der Waals surface area contributed by atoms with Gasteiger partial charge in [-0.2, -0.15) is 5.26 Å². The number of hydrogen-bond acceptors (Lipinski definition) is 3. The molecule has 0 aliphatic carbocycles. The lowest BCUT2D eigenvalue weighted by molar-refractivity contribution is -0.115. The number of carbonyl (C=O) groups excluding carboxylic acids is 2. The molecule has 0 heterocycles. The van der Waals surface area contributed by atoms with E-state index in [4.69, 9.17) is 5.26 Å². The molecule has 2 aromatic carbocycles. The molecule has 0 unspecified atom stereocenters. The van der Waals surface area contributed by atoms with Crippen LogP contribution in [0.25, 0.3) is 0 Å². The summed E-state index contributed by atoms with van der Waals surface area (Å²) in [5.74, 6) is -0.551. The number of nitriles is 1. The van der Waals surface area contributed by atoms with E-state index in [1.807, 2.05) is 31.2 Å². The molecule has 2 N–H and O–H groups in total. The van der Waals surface area contributed by atoms with E-state index in [0.717, 1.165) is 5.56 Å². The van der Waals surface area contributed by atoms with E-state index in [1.165, 1.54) is 5.56 Å². The van der Waals surface area contributed by atoms with E-state index < -0.39 is 0 Å². The molecule has 0 saturated heterocycles. The first-order valence-electron chi connectivity index (χ1n) is 7.19. The van der Waals surface area contributed by atoms with Crippen molar-refractivity contribution in [2.45, 2.75) is 19.9 Å². The van der Waals surface area contributed by atoms with Crippen molar-refractivity contribution in [1.29, 1.82) is 5.26 Å². The van der Waals surface area contributed by atoms with Crippen molar-refractivity contribution in [3.8, 4) is 6.07 Å². The predicted octanol–water partition coefficient (Wildman–Crippen LogP) is 2.78. The minimum absolute atomic E-state index is 0.180. The molecule has 5 heteroatoms. The van der Waals surface area contributed by atoms with Gasteiger partial charge in [-0.1, -0.05) is 29.8 Å². The molecule has 0 aliphatic rings. The summed E-state index contributed by atoms with van der Waals surface area (Å²) in [6, 6.07) is 16.3. The molecule has 0 atom stereocenters. The summed E-state index contributed by atoms with van der Waals surface area (Å²) in [7, 11) is 0. The summed E-state index contributed by atoms with van der Waals surface area (Å²) in [4.78, 5) is 23.4. The third-order valence-corrected chi connectivity index (χ3v) is 3.24. The second-order valence-corrected chi connectivity index (χ2v) is 5.13. The fourth-order valence-corrected chi connectivity index (χ4v) is 1.97. The molecule has 0 aliphatic heterocycles. The fourth-order valence-electron chi connectivity index (χ4n) is 1.97. The van der Waals surface area contributed by atoms with Crippen molar-refractivity contribution in [2.24, 2.45) is 0 Å². The van der Waals surface area contributed by atoms with Crippen LogP contribution in [0.4, 0.5) is 5.69 Å². The molecule has 2 rings (SSSR count).